The summed E-state index contributed by atoms with van der Waals surface area (Å²) >= 11 is 0. The molecule has 0 saturated carbocycles. The average molecular weight is 156 g/mol. The molecule has 3 heteroatoms. The van der Waals surface area contributed by atoms with Crippen LogP contribution in [0.3, 0.4) is 0 Å². The highest BCUT2D eigenvalue weighted by Crippen LogP contribution is 2.16. The summed E-state index contributed by atoms with van der Waals surface area (Å²) in [4.78, 5) is 2.53. The van der Waals surface area contributed by atoms with Crippen molar-refractivity contribution in [1.82, 2.24) is 10.2 Å². The number of hydrogen-bond donors (Lipinski definition) is 1. The van der Waals surface area contributed by atoms with E-state index < -0.39 is 0 Å². The van der Waals surface area contributed by atoms with Crippen molar-refractivity contribution in [2.45, 2.75) is 18.6 Å². The van der Waals surface area contributed by atoms with Crippen LogP contribution in [0, 0.1) is 0 Å². The van der Waals surface area contributed by atoms with Gasteiger partial charge in [0.1, 0.15) is 0 Å². The van der Waals surface area contributed by atoms with Crippen LogP contribution in [-0.2, 0) is 4.74 Å². The van der Waals surface area contributed by atoms with Crippen molar-refractivity contribution in [2.24, 2.45) is 0 Å². The van der Waals surface area contributed by atoms with Gasteiger partial charge in [0.05, 0.1) is 6.10 Å². The predicted octanol–water partition coefficient (Wildman–Crippen LogP) is -0.321. The van der Waals surface area contributed by atoms with Crippen LogP contribution in [0.5, 0.6) is 0 Å². The number of rotatable bonds is 2. The van der Waals surface area contributed by atoms with Crippen molar-refractivity contribution in [3.63, 3.8) is 0 Å². The van der Waals surface area contributed by atoms with Gasteiger partial charge in [-0.05, 0) is 6.42 Å². The van der Waals surface area contributed by atoms with Gasteiger partial charge in [0.15, 0.2) is 0 Å². The zero-order valence-corrected chi connectivity index (χ0v) is 7.05. The lowest BCUT2D eigenvalue weighted by molar-refractivity contribution is 0.0930. The van der Waals surface area contributed by atoms with Crippen LogP contribution in [0.4, 0.5) is 0 Å². The van der Waals surface area contributed by atoms with Gasteiger partial charge in [0, 0.05) is 39.3 Å². The number of methoxy groups -OCH3 is 1. The first kappa shape index (κ1) is 7.53. The molecule has 0 bridgehead atoms. The molecule has 2 saturated heterocycles. The van der Waals surface area contributed by atoms with E-state index in [2.05, 4.69) is 10.2 Å². The molecule has 2 aliphatic heterocycles. The molecule has 0 aromatic carbocycles. The van der Waals surface area contributed by atoms with E-state index in [1.54, 1.807) is 0 Å². The highest BCUT2D eigenvalue weighted by molar-refractivity contribution is 4.89. The zero-order valence-electron chi connectivity index (χ0n) is 7.05. The Morgan fingerprint density at radius 1 is 1.45 bits per heavy atom. The van der Waals surface area contributed by atoms with Crippen LogP contribution in [0.2, 0.25) is 0 Å². The molecule has 0 radical (unpaired) electrons. The largest absolute Gasteiger partial charge is 0.380 e. The monoisotopic (exact) mass is 156 g/mol. The quantitative estimate of drug-likeness (QED) is 0.593. The van der Waals surface area contributed by atoms with Gasteiger partial charge in [-0.1, -0.05) is 0 Å². The van der Waals surface area contributed by atoms with Crippen molar-refractivity contribution in [1.29, 1.82) is 0 Å². The zero-order chi connectivity index (χ0) is 7.68. The topological polar surface area (TPSA) is 24.5 Å². The smallest absolute Gasteiger partial charge is 0.0710 e. The van der Waals surface area contributed by atoms with Gasteiger partial charge in [0.2, 0.25) is 0 Å². The standard InChI is InChI=1S/C8H16N2O/c1-11-8-2-3-10(6-8)7-4-9-5-7/h7-9H,2-6H2,1H3/t8-/m0/s1. The first-order chi connectivity index (χ1) is 5.40. The Morgan fingerprint density at radius 3 is 2.73 bits per heavy atom. The molecule has 0 aromatic heterocycles. The molecule has 1 N–H and O–H groups in total. The van der Waals surface area contributed by atoms with Gasteiger partial charge in [-0.2, -0.15) is 0 Å². The summed E-state index contributed by atoms with van der Waals surface area (Å²) in [6.45, 7) is 4.72. The number of hydrogen-bond acceptors (Lipinski definition) is 3. The van der Waals surface area contributed by atoms with Gasteiger partial charge in [-0.15, -0.1) is 0 Å². The number of likely N-dealkylation sites (tertiary alicyclic amines) is 1. The summed E-state index contributed by atoms with van der Waals surface area (Å²) in [5.74, 6) is 0. The molecular weight excluding hydrogens is 140 g/mol. The number of nitrogens with one attached hydrogen (secondary N) is 1. The molecule has 0 aromatic rings. The Morgan fingerprint density at radius 2 is 2.27 bits per heavy atom. The van der Waals surface area contributed by atoms with E-state index in [0.717, 1.165) is 12.6 Å². The first-order valence-corrected chi connectivity index (χ1v) is 4.37. The van der Waals surface area contributed by atoms with Gasteiger partial charge in [-0.3, -0.25) is 4.90 Å². The molecule has 1 atom stereocenters. The molecule has 2 aliphatic rings. The van der Waals surface area contributed by atoms with Crippen LogP contribution < -0.4 is 5.32 Å². The lowest BCUT2D eigenvalue weighted by Gasteiger charge is -2.35. The Balaban J connectivity index is 1.79. The molecule has 0 spiro atoms. The molecule has 0 unspecified atom stereocenters. The molecule has 11 heavy (non-hydrogen) atoms. The fraction of sp³-hybridized carbons (Fsp3) is 1.00. The van der Waals surface area contributed by atoms with Crippen molar-refractivity contribution >= 4 is 0 Å². The maximum atomic E-state index is 5.30. The molecule has 0 amide bonds. The minimum atomic E-state index is 0.496. The van der Waals surface area contributed by atoms with E-state index in [9.17, 15) is 0 Å². The predicted molar refractivity (Wildman–Crippen MR) is 43.6 cm³/mol. The maximum absolute atomic E-state index is 5.30. The van der Waals surface area contributed by atoms with Crippen molar-refractivity contribution in [3.05, 3.63) is 0 Å². The van der Waals surface area contributed by atoms with E-state index in [4.69, 9.17) is 4.74 Å². The van der Waals surface area contributed by atoms with Crippen molar-refractivity contribution in [2.75, 3.05) is 33.3 Å². The van der Waals surface area contributed by atoms with Crippen LogP contribution in [0.15, 0.2) is 0 Å². The number of nitrogens with zero attached hydrogens (tertiary/aromatic N) is 1. The fourth-order valence-electron chi connectivity index (χ4n) is 1.81. The molecule has 2 rings (SSSR count). The summed E-state index contributed by atoms with van der Waals surface area (Å²) in [7, 11) is 1.81. The van der Waals surface area contributed by atoms with Gasteiger partial charge in [-0.25, -0.2) is 0 Å². The minimum Gasteiger partial charge on any atom is -0.380 e. The molecule has 3 nitrogen and oxygen atoms in total. The van der Waals surface area contributed by atoms with Gasteiger partial charge >= 0.3 is 0 Å². The molecule has 2 heterocycles. The summed E-state index contributed by atoms with van der Waals surface area (Å²) < 4.78 is 5.30. The van der Waals surface area contributed by atoms with E-state index in [1.807, 2.05) is 7.11 Å². The lowest BCUT2D eigenvalue weighted by Crippen LogP contribution is -2.56. The number of ether oxygens (including phenoxy) is 1. The van der Waals surface area contributed by atoms with E-state index >= 15 is 0 Å². The minimum absolute atomic E-state index is 0.496. The highest BCUT2D eigenvalue weighted by Gasteiger charge is 2.30. The van der Waals surface area contributed by atoms with E-state index in [0.29, 0.717) is 6.10 Å². The van der Waals surface area contributed by atoms with E-state index in [1.165, 1.54) is 26.1 Å². The summed E-state index contributed by atoms with van der Waals surface area (Å²) in [6, 6.07) is 0.801. The molecule has 64 valence electrons. The fourth-order valence-corrected chi connectivity index (χ4v) is 1.81. The third-order valence-corrected chi connectivity index (χ3v) is 2.79. The van der Waals surface area contributed by atoms with E-state index in [-0.39, 0.29) is 0 Å². The molecule has 2 fully saturated rings. The van der Waals surface area contributed by atoms with Gasteiger partial charge in [0.25, 0.3) is 0 Å². The lowest BCUT2D eigenvalue weighted by atomic mass is 10.1. The summed E-state index contributed by atoms with van der Waals surface area (Å²) in [6.07, 6.45) is 1.71. The first-order valence-electron chi connectivity index (χ1n) is 4.37. The van der Waals surface area contributed by atoms with Crippen LogP contribution in [-0.4, -0.2) is 50.3 Å². The molecule has 0 aliphatic carbocycles. The Labute approximate surface area is 67.7 Å². The van der Waals surface area contributed by atoms with Crippen LogP contribution >= 0.6 is 0 Å². The Bertz CT molecular complexity index is 136. The maximum Gasteiger partial charge on any atom is 0.0710 e. The van der Waals surface area contributed by atoms with Crippen LogP contribution in [0.1, 0.15) is 6.42 Å². The Kier molecular flexibility index (Phi) is 2.11. The molecular formula is C8H16N2O. The van der Waals surface area contributed by atoms with Crippen molar-refractivity contribution < 1.29 is 4.74 Å². The summed E-state index contributed by atoms with van der Waals surface area (Å²) in [5, 5.41) is 3.29. The van der Waals surface area contributed by atoms with Crippen molar-refractivity contribution in [3.8, 4) is 0 Å². The Hall–Kier alpha value is -0.120. The average Bonchev–Trinajstić information content (AvgIpc) is 2.32. The third kappa shape index (κ3) is 1.41. The normalized spacial score (nSPS) is 34.1. The second-order valence-electron chi connectivity index (χ2n) is 3.45. The second kappa shape index (κ2) is 3.09. The second-order valence-corrected chi connectivity index (χ2v) is 3.45. The summed E-state index contributed by atoms with van der Waals surface area (Å²) in [5.41, 5.74) is 0. The van der Waals surface area contributed by atoms with Gasteiger partial charge < -0.3 is 10.1 Å². The third-order valence-electron chi connectivity index (χ3n) is 2.79. The SMILES string of the molecule is CO[C@H]1CCN(C2CNC2)C1. The van der Waals surface area contributed by atoms with Crippen LogP contribution in [0.25, 0.3) is 0 Å². The highest BCUT2D eigenvalue weighted by atomic mass is 16.5.